The van der Waals surface area contributed by atoms with Crippen molar-refractivity contribution in [1.29, 1.82) is 0 Å². The molecule has 3 nitrogen and oxygen atoms in total. The van der Waals surface area contributed by atoms with Gasteiger partial charge in [-0.1, -0.05) is 0 Å². The lowest BCUT2D eigenvalue weighted by atomic mass is 10.0. The molecule has 1 heterocycles. The summed E-state index contributed by atoms with van der Waals surface area (Å²) in [5.74, 6) is -2.72. The van der Waals surface area contributed by atoms with Crippen LogP contribution in [0, 0.1) is 0 Å². The number of carboxylic acids is 1. The Morgan fingerprint density at radius 2 is 2.00 bits per heavy atom. The van der Waals surface area contributed by atoms with Crippen LogP contribution < -0.4 is 0 Å². The van der Waals surface area contributed by atoms with Crippen molar-refractivity contribution < 1.29 is 31.9 Å². The third-order valence-electron chi connectivity index (χ3n) is 2.06. The minimum absolute atomic E-state index is 0.188. The fourth-order valence-corrected chi connectivity index (χ4v) is 1.57. The highest BCUT2D eigenvalue weighted by molar-refractivity contribution is 6.17. The molecule has 0 spiro atoms. The number of nitrogens with zero attached hydrogens (tertiary/aromatic N) is 1. The lowest BCUT2D eigenvalue weighted by molar-refractivity contribution is -0.138. The third kappa shape index (κ3) is 2.69. The van der Waals surface area contributed by atoms with E-state index in [0.29, 0.717) is 0 Å². The Kier molecular flexibility index (Phi) is 4.10. The van der Waals surface area contributed by atoms with Crippen LogP contribution in [0.5, 0.6) is 0 Å². The van der Waals surface area contributed by atoms with Gasteiger partial charge in [-0.3, -0.25) is 4.98 Å². The Bertz CT molecular complexity index is 475. The summed E-state index contributed by atoms with van der Waals surface area (Å²) in [4.78, 5) is 13.9. The van der Waals surface area contributed by atoms with E-state index in [4.69, 9.17) is 16.7 Å². The van der Waals surface area contributed by atoms with Gasteiger partial charge in [-0.2, -0.15) is 13.2 Å². The summed E-state index contributed by atoms with van der Waals surface area (Å²) in [5, 5.41) is 8.67. The molecule has 0 unspecified atom stereocenters. The van der Waals surface area contributed by atoms with E-state index in [0.717, 1.165) is 0 Å². The number of hydrogen-bond acceptors (Lipinski definition) is 2. The first-order valence-corrected chi connectivity index (χ1v) is 4.90. The predicted molar refractivity (Wildman–Crippen MR) is 50.7 cm³/mol. The van der Waals surface area contributed by atoms with E-state index in [1.165, 1.54) is 0 Å². The van der Waals surface area contributed by atoms with Crippen LogP contribution in [-0.2, 0) is 12.1 Å². The number of alkyl halides is 6. The van der Waals surface area contributed by atoms with Gasteiger partial charge in [-0.25, -0.2) is 13.6 Å². The maximum Gasteiger partial charge on any atom is 0.418 e. The Morgan fingerprint density at radius 1 is 1.44 bits per heavy atom. The van der Waals surface area contributed by atoms with E-state index < -0.39 is 46.8 Å². The first kappa shape index (κ1) is 14.6. The van der Waals surface area contributed by atoms with E-state index in [9.17, 15) is 26.7 Å². The minimum atomic E-state index is -5.09. The van der Waals surface area contributed by atoms with Crippen LogP contribution in [0.15, 0.2) is 6.20 Å². The van der Waals surface area contributed by atoms with Crippen LogP contribution in [0.4, 0.5) is 22.0 Å². The van der Waals surface area contributed by atoms with Gasteiger partial charge in [-0.05, 0) is 0 Å². The van der Waals surface area contributed by atoms with E-state index in [1.807, 2.05) is 0 Å². The van der Waals surface area contributed by atoms with Crippen molar-refractivity contribution >= 4 is 17.6 Å². The van der Waals surface area contributed by atoms with Crippen LogP contribution in [0.3, 0.4) is 0 Å². The summed E-state index contributed by atoms with van der Waals surface area (Å²) in [6, 6.07) is 0. The topological polar surface area (TPSA) is 50.2 Å². The third-order valence-corrected chi connectivity index (χ3v) is 2.32. The lowest BCUT2D eigenvalue weighted by Crippen LogP contribution is -2.18. The number of aromatic nitrogens is 1. The van der Waals surface area contributed by atoms with E-state index in [2.05, 4.69) is 4.98 Å². The van der Waals surface area contributed by atoms with Gasteiger partial charge >= 0.3 is 12.1 Å². The van der Waals surface area contributed by atoms with Crippen LogP contribution in [0.2, 0.25) is 0 Å². The first-order chi connectivity index (χ1) is 8.20. The molecule has 1 aromatic heterocycles. The van der Waals surface area contributed by atoms with Crippen molar-refractivity contribution in [2.45, 2.75) is 18.5 Å². The van der Waals surface area contributed by atoms with Crippen molar-refractivity contribution in [3.05, 3.63) is 28.6 Å². The molecule has 0 bridgehead atoms. The normalized spacial score (nSPS) is 11.9. The quantitative estimate of drug-likeness (QED) is 0.684. The molecule has 0 saturated carbocycles. The molecule has 0 aliphatic heterocycles. The summed E-state index contributed by atoms with van der Waals surface area (Å²) in [6.07, 6.45) is -8.32. The maximum absolute atomic E-state index is 12.7. The molecule has 9 heteroatoms. The highest BCUT2D eigenvalue weighted by Gasteiger charge is 2.39. The highest BCUT2D eigenvalue weighted by Crippen LogP contribution is 2.37. The van der Waals surface area contributed by atoms with Gasteiger partial charge in [-0.15, -0.1) is 11.6 Å². The number of carboxylic acid groups (broad SMARTS) is 1. The highest BCUT2D eigenvalue weighted by atomic mass is 35.5. The molecule has 0 aliphatic rings. The molecule has 0 aromatic carbocycles. The van der Waals surface area contributed by atoms with E-state index >= 15 is 0 Å². The summed E-state index contributed by atoms with van der Waals surface area (Å²) >= 11 is 5.25. The van der Waals surface area contributed by atoms with Crippen LogP contribution in [0.1, 0.15) is 33.6 Å². The molecule has 1 N–H and O–H groups in total. The molecular weight excluding hydrogens is 285 g/mol. The average molecular weight is 290 g/mol. The van der Waals surface area contributed by atoms with Gasteiger partial charge in [0.25, 0.3) is 6.43 Å². The Balaban J connectivity index is 3.68. The molecule has 0 amide bonds. The monoisotopic (exact) mass is 289 g/mol. The Hall–Kier alpha value is -1.44. The molecular formula is C9H5ClF5NO2. The van der Waals surface area contributed by atoms with Crippen LogP contribution >= 0.6 is 11.6 Å². The molecule has 18 heavy (non-hydrogen) atoms. The largest absolute Gasteiger partial charge is 0.478 e. The van der Waals surface area contributed by atoms with E-state index in [-0.39, 0.29) is 6.20 Å². The Labute approximate surface area is 102 Å². The smallest absolute Gasteiger partial charge is 0.418 e. The zero-order valence-corrected chi connectivity index (χ0v) is 9.19. The molecule has 1 rings (SSSR count). The number of halogens is 6. The second kappa shape index (κ2) is 5.05. The van der Waals surface area contributed by atoms with Gasteiger partial charge in [0, 0.05) is 6.20 Å². The first-order valence-electron chi connectivity index (χ1n) is 4.36. The fourth-order valence-electron chi connectivity index (χ4n) is 1.35. The summed E-state index contributed by atoms with van der Waals surface area (Å²) in [5.41, 5.74) is -5.12. The second-order valence-electron chi connectivity index (χ2n) is 3.14. The average Bonchev–Trinajstić information content (AvgIpc) is 2.25. The van der Waals surface area contributed by atoms with Crippen LogP contribution in [0.25, 0.3) is 0 Å². The molecule has 0 atom stereocenters. The van der Waals surface area contributed by atoms with Gasteiger partial charge in [0.2, 0.25) is 0 Å². The number of aromatic carboxylic acids is 1. The summed E-state index contributed by atoms with van der Waals surface area (Å²) < 4.78 is 62.9. The van der Waals surface area contributed by atoms with Crippen molar-refractivity contribution in [2.75, 3.05) is 0 Å². The minimum Gasteiger partial charge on any atom is -0.478 e. The van der Waals surface area contributed by atoms with Gasteiger partial charge in [0.1, 0.15) is 0 Å². The Morgan fingerprint density at radius 3 is 2.33 bits per heavy atom. The second-order valence-corrected chi connectivity index (χ2v) is 3.41. The standard InChI is InChI=1S/C9H5ClF5NO2/c10-1-4-6(7(11)12)5(8(17)18)3(2-16-4)9(13,14)15/h2,7H,1H2,(H,17,18). The van der Waals surface area contributed by atoms with Crippen molar-refractivity contribution in [3.8, 4) is 0 Å². The van der Waals surface area contributed by atoms with Gasteiger partial charge in [0.05, 0.1) is 28.3 Å². The molecule has 0 fully saturated rings. The fraction of sp³-hybridized carbons (Fsp3) is 0.333. The van der Waals surface area contributed by atoms with E-state index in [1.54, 1.807) is 0 Å². The summed E-state index contributed by atoms with van der Waals surface area (Å²) in [6.45, 7) is 0. The lowest BCUT2D eigenvalue weighted by Gasteiger charge is -2.15. The number of hydrogen-bond donors (Lipinski definition) is 1. The number of rotatable bonds is 3. The number of pyridine rings is 1. The predicted octanol–water partition coefficient (Wildman–Crippen LogP) is 3.48. The molecule has 0 radical (unpaired) electrons. The van der Waals surface area contributed by atoms with Gasteiger partial charge in [0.15, 0.2) is 0 Å². The van der Waals surface area contributed by atoms with Crippen molar-refractivity contribution in [3.63, 3.8) is 0 Å². The molecule has 100 valence electrons. The zero-order valence-electron chi connectivity index (χ0n) is 8.43. The molecule has 0 aliphatic carbocycles. The zero-order chi connectivity index (χ0) is 14.1. The summed E-state index contributed by atoms with van der Waals surface area (Å²) in [7, 11) is 0. The molecule has 0 saturated heterocycles. The van der Waals surface area contributed by atoms with Crippen LogP contribution in [-0.4, -0.2) is 16.1 Å². The van der Waals surface area contributed by atoms with Gasteiger partial charge < -0.3 is 5.11 Å². The van der Waals surface area contributed by atoms with Crippen molar-refractivity contribution in [2.24, 2.45) is 0 Å². The molecule has 1 aromatic rings. The SMILES string of the molecule is O=C(O)c1c(C(F)(F)F)cnc(CCl)c1C(F)F. The number of carbonyl (C=O) groups is 1. The maximum atomic E-state index is 12.7. The van der Waals surface area contributed by atoms with Crippen molar-refractivity contribution in [1.82, 2.24) is 4.98 Å².